The summed E-state index contributed by atoms with van der Waals surface area (Å²) >= 11 is 1.66. The topological polar surface area (TPSA) is 76.9 Å². The standard InChI is InChI=1S/C26H25N3O2S/c30-22-11-8-19(9-12-22)14-15-27-26(28-18-23-7-4-16-32-23)29-24-17-21(10-13-25(24)31)20-5-2-1-3-6-20/h1-13,16-17,30-31H,14-15,18H2,(H2,27,28,29). The summed E-state index contributed by atoms with van der Waals surface area (Å²) in [5.41, 5.74) is 3.79. The molecule has 0 unspecified atom stereocenters. The lowest BCUT2D eigenvalue weighted by Crippen LogP contribution is -2.32. The van der Waals surface area contributed by atoms with E-state index < -0.39 is 0 Å². The maximum atomic E-state index is 10.4. The summed E-state index contributed by atoms with van der Waals surface area (Å²) in [6.45, 7) is 1.20. The molecule has 0 aliphatic rings. The second kappa shape index (κ2) is 10.5. The first kappa shape index (κ1) is 21.5. The third-order valence-corrected chi connectivity index (χ3v) is 5.83. The lowest BCUT2D eigenvalue weighted by atomic mass is 10.0. The number of anilines is 1. The summed E-state index contributed by atoms with van der Waals surface area (Å²) < 4.78 is 0. The predicted molar refractivity (Wildman–Crippen MR) is 132 cm³/mol. The van der Waals surface area contributed by atoms with Crippen molar-refractivity contribution in [2.24, 2.45) is 4.99 Å². The molecule has 4 N–H and O–H groups in total. The number of thiophene rings is 1. The van der Waals surface area contributed by atoms with Crippen molar-refractivity contribution in [3.63, 3.8) is 0 Å². The van der Waals surface area contributed by atoms with Crippen LogP contribution >= 0.6 is 11.3 Å². The van der Waals surface area contributed by atoms with Crippen LogP contribution in [-0.4, -0.2) is 22.7 Å². The zero-order valence-electron chi connectivity index (χ0n) is 17.5. The second-order valence-corrected chi connectivity index (χ2v) is 8.34. The fourth-order valence-corrected chi connectivity index (χ4v) is 3.89. The van der Waals surface area contributed by atoms with Crippen molar-refractivity contribution in [2.45, 2.75) is 13.0 Å². The van der Waals surface area contributed by atoms with Crippen molar-refractivity contribution in [3.8, 4) is 22.6 Å². The minimum Gasteiger partial charge on any atom is -0.508 e. The Hall–Kier alpha value is -3.77. The molecule has 4 rings (SSSR count). The number of nitrogens with zero attached hydrogens (tertiary/aromatic N) is 1. The first-order valence-corrected chi connectivity index (χ1v) is 11.3. The molecule has 32 heavy (non-hydrogen) atoms. The molecule has 6 heteroatoms. The monoisotopic (exact) mass is 443 g/mol. The van der Waals surface area contributed by atoms with Gasteiger partial charge in [0.15, 0.2) is 5.96 Å². The van der Waals surface area contributed by atoms with E-state index in [0.29, 0.717) is 24.7 Å². The highest BCUT2D eigenvalue weighted by molar-refractivity contribution is 7.09. The van der Waals surface area contributed by atoms with Gasteiger partial charge in [-0.3, -0.25) is 0 Å². The van der Waals surface area contributed by atoms with Crippen molar-refractivity contribution >= 4 is 23.0 Å². The van der Waals surface area contributed by atoms with Crippen LogP contribution in [0.2, 0.25) is 0 Å². The van der Waals surface area contributed by atoms with E-state index in [1.165, 1.54) is 0 Å². The lowest BCUT2D eigenvalue weighted by Gasteiger charge is -2.15. The number of guanidine groups is 1. The number of phenols is 2. The molecule has 1 heterocycles. The summed E-state index contributed by atoms with van der Waals surface area (Å²) in [4.78, 5) is 5.86. The summed E-state index contributed by atoms with van der Waals surface area (Å²) in [6.07, 6.45) is 0.774. The fraction of sp³-hybridized carbons (Fsp3) is 0.115. The Bertz CT molecular complexity index is 1160. The number of phenolic OH excluding ortho intramolecular Hbond substituents is 2. The van der Waals surface area contributed by atoms with Crippen LogP contribution in [0.3, 0.4) is 0 Å². The number of benzene rings is 3. The maximum absolute atomic E-state index is 10.4. The van der Waals surface area contributed by atoms with Crippen molar-refractivity contribution in [1.82, 2.24) is 5.32 Å². The predicted octanol–water partition coefficient (Wildman–Crippen LogP) is 5.63. The zero-order valence-corrected chi connectivity index (χ0v) is 18.3. The van der Waals surface area contributed by atoms with Crippen LogP contribution in [0, 0.1) is 0 Å². The van der Waals surface area contributed by atoms with Crippen molar-refractivity contribution in [3.05, 3.63) is 101 Å². The van der Waals surface area contributed by atoms with Crippen LogP contribution in [0.15, 0.2) is 95.3 Å². The van der Waals surface area contributed by atoms with E-state index in [4.69, 9.17) is 4.99 Å². The smallest absolute Gasteiger partial charge is 0.196 e. The molecule has 0 spiro atoms. The third-order valence-electron chi connectivity index (χ3n) is 4.97. The van der Waals surface area contributed by atoms with Crippen molar-refractivity contribution in [2.75, 3.05) is 11.9 Å². The molecule has 0 aliphatic carbocycles. The van der Waals surface area contributed by atoms with Crippen LogP contribution in [0.4, 0.5) is 5.69 Å². The molecule has 0 bridgehead atoms. The molecule has 0 saturated carbocycles. The van der Waals surface area contributed by atoms with Gasteiger partial charge in [-0.15, -0.1) is 11.3 Å². The van der Waals surface area contributed by atoms with Crippen LogP contribution in [0.25, 0.3) is 11.1 Å². The summed E-state index contributed by atoms with van der Waals surface area (Å²) in [5, 5.41) is 28.6. The van der Waals surface area contributed by atoms with Gasteiger partial charge in [0.1, 0.15) is 11.5 Å². The van der Waals surface area contributed by atoms with E-state index in [1.54, 1.807) is 29.5 Å². The van der Waals surface area contributed by atoms with E-state index >= 15 is 0 Å². The lowest BCUT2D eigenvalue weighted by molar-refractivity contribution is 0.475. The van der Waals surface area contributed by atoms with Crippen molar-refractivity contribution in [1.29, 1.82) is 0 Å². The Morgan fingerprint density at radius 1 is 0.844 bits per heavy atom. The van der Waals surface area contributed by atoms with E-state index in [0.717, 1.165) is 28.0 Å². The molecular formula is C26H25N3O2S. The summed E-state index contributed by atoms with van der Waals surface area (Å²) in [5.74, 6) is 1.02. The number of rotatable bonds is 7. The number of hydrogen-bond acceptors (Lipinski definition) is 4. The van der Waals surface area contributed by atoms with Gasteiger partial charge in [0.2, 0.25) is 0 Å². The SMILES string of the molecule is Oc1ccc(CCNC(=NCc2cccs2)Nc2cc(-c3ccccc3)ccc2O)cc1. The average molecular weight is 444 g/mol. The summed E-state index contributed by atoms with van der Waals surface area (Å²) in [7, 11) is 0. The Morgan fingerprint density at radius 3 is 2.41 bits per heavy atom. The van der Waals surface area contributed by atoms with Gasteiger partial charge in [-0.2, -0.15) is 0 Å². The number of aromatic hydroxyl groups is 2. The molecule has 4 aromatic rings. The van der Waals surface area contributed by atoms with Gasteiger partial charge in [-0.1, -0.05) is 54.6 Å². The van der Waals surface area contributed by atoms with Gasteiger partial charge in [0, 0.05) is 11.4 Å². The van der Waals surface area contributed by atoms with Gasteiger partial charge in [-0.05, 0) is 58.8 Å². The summed E-state index contributed by atoms with van der Waals surface area (Å²) in [6, 6.07) is 26.8. The largest absolute Gasteiger partial charge is 0.508 e. The molecule has 0 saturated heterocycles. The Balaban J connectivity index is 1.50. The molecule has 162 valence electrons. The average Bonchev–Trinajstić information content (AvgIpc) is 3.34. The first-order chi connectivity index (χ1) is 15.7. The molecule has 5 nitrogen and oxygen atoms in total. The Labute approximate surface area is 191 Å². The number of hydrogen-bond donors (Lipinski definition) is 4. The van der Waals surface area contributed by atoms with Gasteiger partial charge in [0.05, 0.1) is 12.2 Å². The van der Waals surface area contributed by atoms with Gasteiger partial charge < -0.3 is 20.8 Å². The van der Waals surface area contributed by atoms with Crippen LogP contribution in [0.1, 0.15) is 10.4 Å². The molecular weight excluding hydrogens is 418 g/mol. The fourth-order valence-electron chi connectivity index (χ4n) is 3.26. The van der Waals surface area contributed by atoms with Gasteiger partial charge in [0.25, 0.3) is 0 Å². The third kappa shape index (κ3) is 5.89. The molecule has 0 atom stereocenters. The van der Waals surface area contributed by atoms with E-state index in [1.807, 2.05) is 66.0 Å². The molecule has 0 radical (unpaired) electrons. The maximum Gasteiger partial charge on any atom is 0.196 e. The van der Waals surface area contributed by atoms with Gasteiger partial charge in [-0.25, -0.2) is 4.99 Å². The quantitative estimate of drug-likeness (QED) is 0.170. The van der Waals surface area contributed by atoms with E-state index in [2.05, 4.69) is 16.7 Å². The van der Waals surface area contributed by atoms with E-state index in [-0.39, 0.29) is 11.5 Å². The minimum atomic E-state index is 0.161. The molecule has 0 fully saturated rings. The molecule has 3 aromatic carbocycles. The first-order valence-electron chi connectivity index (χ1n) is 10.4. The van der Waals surface area contributed by atoms with Crippen LogP contribution < -0.4 is 10.6 Å². The highest BCUT2D eigenvalue weighted by Gasteiger charge is 2.08. The molecule has 0 amide bonds. The number of aliphatic imine (C=N–C) groups is 1. The Morgan fingerprint density at radius 2 is 1.66 bits per heavy atom. The highest BCUT2D eigenvalue weighted by Crippen LogP contribution is 2.29. The van der Waals surface area contributed by atoms with Crippen molar-refractivity contribution < 1.29 is 10.2 Å². The Kier molecular flexibility index (Phi) is 7.05. The normalized spacial score (nSPS) is 11.3. The second-order valence-electron chi connectivity index (χ2n) is 7.31. The number of nitrogens with one attached hydrogen (secondary N) is 2. The van der Waals surface area contributed by atoms with Gasteiger partial charge >= 0.3 is 0 Å². The van der Waals surface area contributed by atoms with Crippen LogP contribution in [0.5, 0.6) is 11.5 Å². The van der Waals surface area contributed by atoms with E-state index in [9.17, 15) is 10.2 Å². The molecule has 0 aliphatic heterocycles. The van der Waals surface area contributed by atoms with Crippen LogP contribution in [-0.2, 0) is 13.0 Å². The highest BCUT2D eigenvalue weighted by atomic mass is 32.1. The minimum absolute atomic E-state index is 0.161. The zero-order chi connectivity index (χ0) is 22.2. The molecule has 1 aromatic heterocycles.